The van der Waals surface area contributed by atoms with Crippen LogP contribution in [-0.2, 0) is 5.75 Å². The highest BCUT2D eigenvalue weighted by molar-refractivity contribution is 7.99. The van der Waals surface area contributed by atoms with Crippen molar-refractivity contribution >= 4 is 11.8 Å². The standard InChI is InChI=1S/C13H15FN2O2S/c1-13(2,3)19-7-11-15-12(18-16-11)9-5-4-8(14)6-10(9)17/h4-6,17H,7H2,1-3H3. The highest BCUT2D eigenvalue weighted by atomic mass is 32.2. The van der Waals surface area contributed by atoms with Gasteiger partial charge in [-0.05, 0) is 12.1 Å². The van der Waals surface area contributed by atoms with Crippen LogP contribution in [0.1, 0.15) is 26.6 Å². The van der Waals surface area contributed by atoms with Gasteiger partial charge < -0.3 is 9.63 Å². The number of aromatic hydroxyl groups is 1. The number of benzene rings is 1. The first-order valence-electron chi connectivity index (χ1n) is 5.80. The zero-order valence-electron chi connectivity index (χ0n) is 11.0. The summed E-state index contributed by atoms with van der Waals surface area (Å²) >= 11 is 1.69. The predicted octanol–water partition coefficient (Wildman–Crippen LogP) is 3.61. The molecule has 0 unspecified atom stereocenters. The Hall–Kier alpha value is -1.56. The van der Waals surface area contributed by atoms with Crippen molar-refractivity contribution in [3.8, 4) is 17.2 Å². The summed E-state index contributed by atoms with van der Waals surface area (Å²) in [5.74, 6) is 0.651. The summed E-state index contributed by atoms with van der Waals surface area (Å²) in [5.41, 5.74) is 0.334. The second-order valence-electron chi connectivity index (χ2n) is 5.08. The summed E-state index contributed by atoms with van der Waals surface area (Å²) in [6.45, 7) is 6.30. The molecule has 2 rings (SSSR count). The van der Waals surface area contributed by atoms with Crippen molar-refractivity contribution < 1.29 is 14.0 Å². The molecule has 1 N–H and O–H groups in total. The summed E-state index contributed by atoms with van der Waals surface area (Å²) in [7, 11) is 0. The van der Waals surface area contributed by atoms with Crippen LogP contribution in [0.15, 0.2) is 22.7 Å². The van der Waals surface area contributed by atoms with Crippen LogP contribution < -0.4 is 0 Å². The second kappa shape index (κ2) is 5.21. The first-order valence-corrected chi connectivity index (χ1v) is 6.79. The lowest BCUT2D eigenvalue weighted by Crippen LogP contribution is -2.07. The molecule has 1 heterocycles. The summed E-state index contributed by atoms with van der Waals surface area (Å²) in [6, 6.07) is 3.67. The molecule has 0 saturated heterocycles. The molecule has 102 valence electrons. The minimum Gasteiger partial charge on any atom is -0.507 e. The van der Waals surface area contributed by atoms with Crippen molar-refractivity contribution in [3.63, 3.8) is 0 Å². The zero-order chi connectivity index (χ0) is 14.0. The van der Waals surface area contributed by atoms with E-state index in [0.717, 1.165) is 6.07 Å². The fraction of sp³-hybridized carbons (Fsp3) is 0.385. The topological polar surface area (TPSA) is 59.2 Å². The molecule has 0 saturated carbocycles. The maximum absolute atomic E-state index is 12.9. The van der Waals surface area contributed by atoms with Crippen LogP contribution in [0.5, 0.6) is 5.75 Å². The van der Waals surface area contributed by atoms with E-state index < -0.39 is 5.82 Å². The van der Waals surface area contributed by atoms with Gasteiger partial charge in [-0.1, -0.05) is 25.9 Å². The van der Waals surface area contributed by atoms with Gasteiger partial charge in [-0.2, -0.15) is 4.98 Å². The van der Waals surface area contributed by atoms with Crippen molar-refractivity contribution in [1.82, 2.24) is 10.1 Å². The van der Waals surface area contributed by atoms with E-state index in [4.69, 9.17) is 4.52 Å². The smallest absolute Gasteiger partial charge is 0.261 e. The molecule has 0 aliphatic heterocycles. The first-order chi connectivity index (χ1) is 8.85. The maximum Gasteiger partial charge on any atom is 0.261 e. The van der Waals surface area contributed by atoms with E-state index in [2.05, 4.69) is 30.9 Å². The van der Waals surface area contributed by atoms with Gasteiger partial charge in [0.05, 0.1) is 11.3 Å². The summed E-state index contributed by atoms with van der Waals surface area (Å²) in [4.78, 5) is 4.19. The predicted molar refractivity (Wildman–Crippen MR) is 72.4 cm³/mol. The van der Waals surface area contributed by atoms with Crippen LogP contribution in [0.2, 0.25) is 0 Å². The molecular weight excluding hydrogens is 267 g/mol. The molecule has 19 heavy (non-hydrogen) atoms. The van der Waals surface area contributed by atoms with Crippen molar-refractivity contribution in [1.29, 1.82) is 0 Å². The largest absolute Gasteiger partial charge is 0.507 e. The normalized spacial score (nSPS) is 11.8. The molecule has 0 radical (unpaired) electrons. The number of nitrogens with zero attached hydrogens (tertiary/aromatic N) is 2. The van der Waals surface area contributed by atoms with Gasteiger partial charge in [-0.25, -0.2) is 4.39 Å². The fourth-order valence-corrected chi connectivity index (χ4v) is 2.07. The van der Waals surface area contributed by atoms with E-state index in [-0.39, 0.29) is 16.4 Å². The SMILES string of the molecule is CC(C)(C)SCc1noc(-c2ccc(F)cc2O)n1. The van der Waals surface area contributed by atoms with Gasteiger partial charge in [-0.15, -0.1) is 11.8 Å². The molecule has 4 nitrogen and oxygen atoms in total. The zero-order valence-corrected chi connectivity index (χ0v) is 11.8. The van der Waals surface area contributed by atoms with Gasteiger partial charge in [0.25, 0.3) is 5.89 Å². The summed E-state index contributed by atoms with van der Waals surface area (Å²) < 4.78 is 18.1. The van der Waals surface area contributed by atoms with Gasteiger partial charge in [0.15, 0.2) is 5.82 Å². The molecule has 1 aromatic heterocycles. The Kier molecular flexibility index (Phi) is 3.80. The number of hydrogen-bond acceptors (Lipinski definition) is 5. The number of phenolic OH excluding ortho intramolecular Hbond substituents is 1. The molecule has 0 aliphatic carbocycles. The minimum atomic E-state index is -0.510. The Labute approximate surface area is 115 Å². The summed E-state index contributed by atoms with van der Waals surface area (Å²) in [5, 5.41) is 13.5. The van der Waals surface area contributed by atoms with Gasteiger partial charge in [0.1, 0.15) is 11.6 Å². The molecular formula is C13H15FN2O2S. The second-order valence-corrected chi connectivity index (χ2v) is 6.88. The van der Waals surface area contributed by atoms with E-state index in [1.54, 1.807) is 11.8 Å². The van der Waals surface area contributed by atoms with Crippen molar-refractivity contribution in [2.45, 2.75) is 31.3 Å². The van der Waals surface area contributed by atoms with Gasteiger partial charge in [0.2, 0.25) is 0 Å². The number of thioether (sulfide) groups is 1. The lowest BCUT2D eigenvalue weighted by Gasteiger charge is -2.15. The van der Waals surface area contributed by atoms with Crippen molar-refractivity contribution in [2.24, 2.45) is 0 Å². The van der Waals surface area contributed by atoms with Gasteiger partial charge in [0, 0.05) is 10.8 Å². The average molecular weight is 282 g/mol. The van der Waals surface area contributed by atoms with Gasteiger partial charge >= 0.3 is 0 Å². The van der Waals surface area contributed by atoms with Crippen LogP contribution in [0.4, 0.5) is 4.39 Å². The van der Waals surface area contributed by atoms with Crippen LogP contribution in [0, 0.1) is 5.82 Å². The number of aromatic nitrogens is 2. The molecule has 0 bridgehead atoms. The van der Waals surface area contributed by atoms with E-state index in [1.165, 1.54) is 12.1 Å². The Morgan fingerprint density at radius 3 is 2.74 bits per heavy atom. The quantitative estimate of drug-likeness (QED) is 0.931. The van der Waals surface area contributed by atoms with Crippen LogP contribution in [-0.4, -0.2) is 20.0 Å². The van der Waals surface area contributed by atoms with Crippen LogP contribution in [0.25, 0.3) is 11.5 Å². The van der Waals surface area contributed by atoms with E-state index in [9.17, 15) is 9.50 Å². The molecule has 1 aromatic carbocycles. The summed E-state index contributed by atoms with van der Waals surface area (Å²) in [6.07, 6.45) is 0. The number of rotatable bonds is 3. The maximum atomic E-state index is 12.9. The van der Waals surface area contributed by atoms with Crippen molar-refractivity contribution in [3.05, 3.63) is 29.8 Å². The van der Waals surface area contributed by atoms with Crippen molar-refractivity contribution in [2.75, 3.05) is 0 Å². The highest BCUT2D eigenvalue weighted by Gasteiger charge is 2.16. The third kappa shape index (κ3) is 3.70. The molecule has 0 atom stereocenters. The molecule has 0 aliphatic rings. The molecule has 0 amide bonds. The molecule has 6 heteroatoms. The highest BCUT2D eigenvalue weighted by Crippen LogP contribution is 2.30. The molecule has 0 spiro atoms. The average Bonchev–Trinajstić information content (AvgIpc) is 2.74. The number of hydrogen-bond donors (Lipinski definition) is 1. The van der Waals surface area contributed by atoms with E-state index >= 15 is 0 Å². The van der Waals surface area contributed by atoms with E-state index in [0.29, 0.717) is 17.1 Å². The lowest BCUT2D eigenvalue weighted by atomic mass is 10.2. The lowest BCUT2D eigenvalue weighted by molar-refractivity contribution is 0.419. The van der Waals surface area contributed by atoms with E-state index in [1.807, 2.05) is 0 Å². The Morgan fingerprint density at radius 1 is 1.37 bits per heavy atom. The van der Waals surface area contributed by atoms with Crippen LogP contribution >= 0.6 is 11.8 Å². The number of halogens is 1. The monoisotopic (exact) mass is 282 g/mol. The van der Waals surface area contributed by atoms with Gasteiger partial charge in [-0.3, -0.25) is 0 Å². The van der Waals surface area contributed by atoms with Crippen LogP contribution in [0.3, 0.4) is 0 Å². The molecule has 2 aromatic rings. The number of phenols is 1. The third-order valence-electron chi connectivity index (χ3n) is 2.29. The fourth-order valence-electron chi connectivity index (χ4n) is 1.39. The minimum absolute atomic E-state index is 0.110. The first kappa shape index (κ1) is 13.9. The Morgan fingerprint density at radius 2 is 2.11 bits per heavy atom. The Bertz CT molecular complexity index is 578. The Balaban J connectivity index is 2.16. The molecule has 0 fully saturated rings. The third-order valence-corrected chi connectivity index (χ3v) is 3.56.